The van der Waals surface area contributed by atoms with Gasteiger partial charge >= 0.3 is 0 Å². The number of benzene rings is 1. The summed E-state index contributed by atoms with van der Waals surface area (Å²) in [7, 11) is 0. The molecule has 0 amide bonds. The lowest BCUT2D eigenvalue weighted by Crippen LogP contribution is -2.08. The number of hydrogen-bond acceptors (Lipinski definition) is 2. The van der Waals surface area contributed by atoms with Crippen molar-refractivity contribution in [1.82, 2.24) is 9.55 Å². The molecule has 2 aromatic rings. The van der Waals surface area contributed by atoms with Gasteiger partial charge in [0.2, 0.25) is 0 Å². The molecular formula is C13H16FN3. The van der Waals surface area contributed by atoms with Gasteiger partial charge < -0.3 is 10.3 Å². The first kappa shape index (κ1) is 11.8. The summed E-state index contributed by atoms with van der Waals surface area (Å²) >= 11 is 0. The van der Waals surface area contributed by atoms with Crippen LogP contribution in [0.1, 0.15) is 25.5 Å². The van der Waals surface area contributed by atoms with E-state index in [1.807, 2.05) is 24.6 Å². The minimum atomic E-state index is -0.268. The average molecular weight is 233 g/mol. The summed E-state index contributed by atoms with van der Waals surface area (Å²) in [5.74, 6) is 0.495. The zero-order valence-electron chi connectivity index (χ0n) is 10.0. The van der Waals surface area contributed by atoms with Crippen LogP contribution in [0.5, 0.6) is 0 Å². The Labute approximate surface area is 100 Å². The second kappa shape index (κ2) is 4.67. The molecule has 1 aromatic carbocycles. The van der Waals surface area contributed by atoms with E-state index in [1.165, 1.54) is 12.1 Å². The fraction of sp³-hybridized carbons (Fsp3) is 0.308. The largest absolute Gasteiger partial charge is 0.331 e. The second-order valence-corrected chi connectivity index (χ2v) is 4.06. The molecule has 2 N–H and O–H groups in total. The second-order valence-electron chi connectivity index (χ2n) is 4.06. The van der Waals surface area contributed by atoms with Crippen LogP contribution in [0, 0.1) is 5.82 Å². The van der Waals surface area contributed by atoms with Crippen molar-refractivity contribution in [3.05, 3.63) is 42.0 Å². The third kappa shape index (κ3) is 2.22. The average Bonchev–Trinajstić information content (AvgIpc) is 2.76. The Kier molecular flexibility index (Phi) is 3.24. The van der Waals surface area contributed by atoms with Crippen LogP contribution in [0.4, 0.5) is 4.39 Å². The van der Waals surface area contributed by atoms with Crippen molar-refractivity contribution in [3.8, 4) is 11.4 Å². The predicted molar refractivity (Wildman–Crippen MR) is 65.9 cm³/mol. The normalized spacial score (nSPS) is 12.7. The zero-order chi connectivity index (χ0) is 12.4. The Morgan fingerprint density at radius 2 is 2.24 bits per heavy atom. The Morgan fingerprint density at radius 3 is 2.88 bits per heavy atom. The van der Waals surface area contributed by atoms with E-state index >= 15 is 0 Å². The van der Waals surface area contributed by atoms with Crippen LogP contribution >= 0.6 is 0 Å². The van der Waals surface area contributed by atoms with Gasteiger partial charge in [-0.3, -0.25) is 0 Å². The fourth-order valence-electron chi connectivity index (χ4n) is 1.93. The van der Waals surface area contributed by atoms with Gasteiger partial charge in [0.1, 0.15) is 11.6 Å². The smallest absolute Gasteiger partial charge is 0.140 e. The molecule has 17 heavy (non-hydrogen) atoms. The van der Waals surface area contributed by atoms with E-state index in [1.54, 1.807) is 12.3 Å². The lowest BCUT2D eigenvalue weighted by molar-refractivity contribution is 0.626. The predicted octanol–water partition coefficient (Wildman–Crippen LogP) is 2.73. The molecule has 2 rings (SSSR count). The molecule has 0 spiro atoms. The first-order valence-corrected chi connectivity index (χ1v) is 5.70. The minimum absolute atomic E-state index is 0.146. The highest BCUT2D eigenvalue weighted by molar-refractivity contribution is 5.61. The summed E-state index contributed by atoms with van der Waals surface area (Å²) in [5.41, 5.74) is 7.58. The molecule has 0 fully saturated rings. The van der Waals surface area contributed by atoms with Gasteiger partial charge in [0.15, 0.2) is 0 Å². The minimum Gasteiger partial charge on any atom is -0.331 e. The van der Waals surface area contributed by atoms with Gasteiger partial charge in [-0.1, -0.05) is 6.07 Å². The Morgan fingerprint density at radius 1 is 1.47 bits per heavy atom. The molecule has 1 unspecified atom stereocenters. The number of hydrogen-bond donors (Lipinski definition) is 1. The summed E-state index contributed by atoms with van der Waals surface area (Å²) in [6, 6.07) is 4.51. The first-order chi connectivity index (χ1) is 8.13. The Bertz CT molecular complexity index is 517. The van der Waals surface area contributed by atoms with E-state index in [4.69, 9.17) is 5.73 Å². The van der Waals surface area contributed by atoms with Gasteiger partial charge in [-0.25, -0.2) is 9.37 Å². The van der Waals surface area contributed by atoms with Crippen molar-refractivity contribution in [2.24, 2.45) is 5.73 Å². The zero-order valence-corrected chi connectivity index (χ0v) is 10.0. The van der Waals surface area contributed by atoms with Crippen LogP contribution in [0.25, 0.3) is 11.4 Å². The molecule has 0 radical (unpaired) electrons. The van der Waals surface area contributed by atoms with Crippen molar-refractivity contribution in [3.63, 3.8) is 0 Å². The molecule has 0 aliphatic heterocycles. The molecule has 4 heteroatoms. The van der Waals surface area contributed by atoms with E-state index < -0.39 is 0 Å². The summed E-state index contributed by atoms with van der Waals surface area (Å²) in [4.78, 5) is 4.28. The highest BCUT2D eigenvalue weighted by Gasteiger charge is 2.13. The summed E-state index contributed by atoms with van der Waals surface area (Å²) in [6.45, 7) is 4.70. The van der Waals surface area contributed by atoms with Crippen LogP contribution in [-0.2, 0) is 6.54 Å². The first-order valence-electron chi connectivity index (χ1n) is 5.70. The molecule has 90 valence electrons. The number of halogens is 1. The molecule has 0 bridgehead atoms. The third-order valence-electron chi connectivity index (χ3n) is 2.80. The quantitative estimate of drug-likeness (QED) is 0.885. The maximum Gasteiger partial charge on any atom is 0.140 e. The number of imidazole rings is 1. The molecule has 1 heterocycles. The number of nitrogens with zero attached hydrogens (tertiary/aromatic N) is 2. The number of aryl methyl sites for hydroxylation is 1. The van der Waals surface area contributed by atoms with E-state index in [-0.39, 0.29) is 11.9 Å². The standard InChI is InChI=1S/C13H16FN3/c1-3-17-7-6-16-13(17)12-8-10(14)4-5-11(12)9(2)15/h4-9H,3,15H2,1-2H3. The van der Waals surface area contributed by atoms with Crippen LogP contribution in [0.2, 0.25) is 0 Å². The van der Waals surface area contributed by atoms with Crippen molar-refractivity contribution in [2.75, 3.05) is 0 Å². The van der Waals surface area contributed by atoms with Crippen LogP contribution in [0.15, 0.2) is 30.6 Å². The van der Waals surface area contributed by atoms with Crippen molar-refractivity contribution >= 4 is 0 Å². The monoisotopic (exact) mass is 233 g/mol. The van der Waals surface area contributed by atoms with Gasteiger partial charge in [0.25, 0.3) is 0 Å². The Hall–Kier alpha value is -1.68. The highest BCUT2D eigenvalue weighted by atomic mass is 19.1. The molecule has 0 aliphatic carbocycles. The van der Waals surface area contributed by atoms with Gasteiger partial charge in [-0.15, -0.1) is 0 Å². The van der Waals surface area contributed by atoms with Crippen molar-refractivity contribution < 1.29 is 4.39 Å². The van der Waals surface area contributed by atoms with Crippen LogP contribution in [0.3, 0.4) is 0 Å². The summed E-state index contributed by atoms with van der Waals surface area (Å²) in [6.07, 6.45) is 3.60. The molecule has 1 atom stereocenters. The number of nitrogens with two attached hydrogens (primary N) is 1. The highest BCUT2D eigenvalue weighted by Crippen LogP contribution is 2.27. The SMILES string of the molecule is CCn1ccnc1-c1cc(F)ccc1C(C)N. The molecular weight excluding hydrogens is 217 g/mol. The molecule has 0 saturated carbocycles. The molecule has 1 aromatic heterocycles. The van der Waals surface area contributed by atoms with Gasteiger partial charge in [-0.2, -0.15) is 0 Å². The van der Waals surface area contributed by atoms with Crippen molar-refractivity contribution in [2.45, 2.75) is 26.4 Å². The summed E-state index contributed by atoms with van der Waals surface area (Å²) < 4.78 is 15.3. The molecule has 3 nitrogen and oxygen atoms in total. The fourth-order valence-corrected chi connectivity index (χ4v) is 1.93. The van der Waals surface area contributed by atoms with Gasteiger partial charge in [-0.05, 0) is 31.5 Å². The lowest BCUT2D eigenvalue weighted by Gasteiger charge is -2.13. The van der Waals surface area contributed by atoms with E-state index in [0.29, 0.717) is 0 Å². The maximum atomic E-state index is 13.4. The van der Waals surface area contributed by atoms with Gasteiger partial charge in [0, 0.05) is 30.5 Å². The van der Waals surface area contributed by atoms with E-state index in [9.17, 15) is 4.39 Å². The van der Waals surface area contributed by atoms with Crippen LogP contribution in [-0.4, -0.2) is 9.55 Å². The lowest BCUT2D eigenvalue weighted by atomic mass is 10.0. The topological polar surface area (TPSA) is 43.8 Å². The maximum absolute atomic E-state index is 13.4. The van der Waals surface area contributed by atoms with Crippen LogP contribution < -0.4 is 5.73 Å². The van der Waals surface area contributed by atoms with E-state index in [2.05, 4.69) is 4.98 Å². The number of aromatic nitrogens is 2. The summed E-state index contributed by atoms with van der Waals surface area (Å²) in [5, 5.41) is 0. The van der Waals surface area contributed by atoms with Crippen molar-refractivity contribution in [1.29, 1.82) is 0 Å². The molecule has 0 aliphatic rings. The Balaban J connectivity index is 2.61. The van der Waals surface area contributed by atoms with E-state index in [0.717, 1.165) is 23.5 Å². The number of rotatable bonds is 3. The third-order valence-corrected chi connectivity index (χ3v) is 2.80. The van der Waals surface area contributed by atoms with Gasteiger partial charge in [0.05, 0.1) is 0 Å². The molecule has 0 saturated heterocycles.